The van der Waals surface area contributed by atoms with Crippen molar-refractivity contribution in [3.05, 3.63) is 34.4 Å². The van der Waals surface area contributed by atoms with Gasteiger partial charge in [0.25, 0.3) is 0 Å². The smallest absolute Gasteiger partial charge is 0.103 e. The number of carbonyl (C=O) groups is 6. The average molecular weight is 748 g/mol. The van der Waals surface area contributed by atoms with Gasteiger partial charge >= 0.3 is 0 Å². The van der Waals surface area contributed by atoms with Gasteiger partial charge in [-0.3, -0.25) is 0 Å². The van der Waals surface area contributed by atoms with Gasteiger partial charge in [-0.1, -0.05) is 75.9 Å². The summed E-state index contributed by atoms with van der Waals surface area (Å²) in [5, 5.41) is 0. The molecular formula is C18H39N6NdO6Si6-6. The zero-order chi connectivity index (χ0) is 29.8. The van der Waals surface area contributed by atoms with Gasteiger partial charge in [0.15, 0.2) is 0 Å². The number of hydrogen-bond acceptors (Lipinski definition) is 6. The van der Waals surface area contributed by atoms with Gasteiger partial charge in [0.1, 0.15) is 50.6 Å². The van der Waals surface area contributed by atoms with E-state index in [1.54, 1.807) is 58.9 Å². The van der Waals surface area contributed by atoms with E-state index in [9.17, 15) is 28.8 Å². The Hall–Kier alpha value is -0.528. The minimum atomic E-state index is -2.17. The van der Waals surface area contributed by atoms with Gasteiger partial charge in [-0.2, -0.15) is 0 Å². The zero-order valence-corrected chi connectivity index (χ0v) is 32.3. The molecule has 0 aromatic heterocycles. The Bertz CT molecular complexity index is 728. The first kappa shape index (κ1) is 43.5. The molecule has 6 N–H and O–H groups in total. The normalized spacial score (nSPS) is 11.4. The standard InChI is InChI=1S/3C6H15N2O2Si2.Nd/c3*1-11(5(7)9)4-12(2,3)6(8)10;/h3*4H2,1-3H3,(H4,7,8,9,10);/p-6. The fourth-order valence-corrected chi connectivity index (χ4v) is 22.2. The van der Waals surface area contributed by atoms with E-state index >= 15 is 0 Å². The first-order valence-electron chi connectivity index (χ1n) is 10.8. The molecule has 0 aromatic rings. The quantitative estimate of drug-likeness (QED) is 0.177. The van der Waals surface area contributed by atoms with Crippen LogP contribution in [0, 0.1) is 40.8 Å². The van der Waals surface area contributed by atoms with Crippen LogP contribution in [0.25, 0.3) is 34.4 Å². The van der Waals surface area contributed by atoms with Gasteiger partial charge < -0.3 is 63.2 Å². The van der Waals surface area contributed by atoms with Crippen LogP contribution in [0.1, 0.15) is 0 Å². The van der Waals surface area contributed by atoms with Crippen LogP contribution in [0.5, 0.6) is 0 Å². The Morgan fingerprint density at radius 2 is 0.595 bits per heavy atom. The molecule has 0 unspecified atom stereocenters. The van der Waals surface area contributed by atoms with Crippen molar-refractivity contribution in [2.75, 3.05) is 0 Å². The molecule has 211 valence electrons. The summed E-state index contributed by atoms with van der Waals surface area (Å²) in [4.78, 5) is 64.2. The maximum Gasteiger partial charge on any atom is 0.103 e. The molecule has 0 bridgehead atoms. The zero-order valence-electron chi connectivity index (χ0n) is 23.1. The van der Waals surface area contributed by atoms with Crippen LogP contribution in [0.15, 0.2) is 0 Å². The van der Waals surface area contributed by atoms with E-state index in [0.29, 0.717) is 17.0 Å². The van der Waals surface area contributed by atoms with Gasteiger partial charge in [0, 0.05) is 74.0 Å². The van der Waals surface area contributed by atoms with Gasteiger partial charge in [-0.05, 0) is 0 Å². The van der Waals surface area contributed by atoms with E-state index < -0.39 is 83.8 Å². The van der Waals surface area contributed by atoms with Crippen molar-refractivity contribution in [3.63, 3.8) is 0 Å². The predicted octanol–water partition coefficient (Wildman–Crippen LogP) is 8.60. The number of nitrogens with one attached hydrogen (secondary N) is 6. The first-order valence-corrected chi connectivity index (χ1v) is 27.1. The molecule has 19 heteroatoms. The van der Waals surface area contributed by atoms with Crippen molar-refractivity contribution in [2.45, 2.75) is 75.9 Å². The van der Waals surface area contributed by atoms with Crippen LogP contribution in [0.4, 0.5) is 28.8 Å². The van der Waals surface area contributed by atoms with E-state index in [1.165, 1.54) is 0 Å². The summed E-state index contributed by atoms with van der Waals surface area (Å²) in [6, 6.07) is 0. The molecule has 3 radical (unpaired) electrons. The molecule has 37 heavy (non-hydrogen) atoms. The monoisotopic (exact) mass is 745 g/mol. The minimum absolute atomic E-state index is 0. The van der Waals surface area contributed by atoms with Crippen LogP contribution >= 0.6 is 0 Å². The summed E-state index contributed by atoms with van der Waals surface area (Å²) in [5.74, 6) is 0. The van der Waals surface area contributed by atoms with Crippen LogP contribution in [-0.4, -0.2) is 83.8 Å². The third-order valence-corrected chi connectivity index (χ3v) is 28.1. The molecule has 0 aliphatic heterocycles. The molecule has 0 heterocycles. The molecular weight excluding hydrogens is 709 g/mol. The SMILES string of the molecule is C[Si](C[Si](C)(C)C([NH-])=O)C([NH-])=O.C[Si](C[Si](C)(C)C([NH-])=O)C([NH-])=O.C[Si](C[Si](C)(C)C([NH-])=O)C([NH-])=O.[Nd]. The Kier molecular flexibility index (Phi) is 22.0. The molecule has 6 amide bonds. The van der Waals surface area contributed by atoms with Crippen molar-refractivity contribution >= 4 is 83.8 Å². The Balaban J connectivity index is -0.000000218. The van der Waals surface area contributed by atoms with E-state index in [2.05, 4.69) is 0 Å². The van der Waals surface area contributed by atoms with E-state index in [1.807, 2.05) is 0 Å². The van der Waals surface area contributed by atoms with E-state index in [0.717, 1.165) is 0 Å². The average Bonchev–Trinajstić information content (AvgIpc) is 2.67. The van der Waals surface area contributed by atoms with E-state index in [-0.39, 0.29) is 40.8 Å². The summed E-state index contributed by atoms with van der Waals surface area (Å²) in [7, 11) is -10.6. The third kappa shape index (κ3) is 20.1. The summed E-state index contributed by atoms with van der Waals surface area (Å²) < 4.78 is 0. The van der Waals surface area contributed by atoms with Crippen LogP contribution in [0.3, 0.4) is 0 Å². The molecule has 0 saturated heterocycles. The molecule has 0 fully saturated rings. The van der Waals surface area contributed by atoms with Gasteiger partial charge in [-0.25, -0.2) is 0 Å². The Morgan fingerprint density at radius 1 is 0.459 bits per heavy atom. The van der Waals surface area contributed by atoms with Crippen molar-refractivity contribution in [1.29, 1.82) is 0 Å². The fraction of sp³-hybridized carbons (Fsp3) is 0.667. The fourth-order valence-electron chi connectivity index (χ4n) is 2.47. The summed E-state index contributed by atoms with van der Waals surface area (Å²) >= 11 is 0. The van der Waals surface area contributed by atoms with Gasteiger partial charge in [-0.15, -0.1) is 0 Å². The Morgan fingerprint density at radius 3 is 0.676 bits per heavy atom. The van der Waals surface area contributed by atoms with Crippen molar-refractivity contribution in [3.8, 4) is 0 Å². The molecule has 0 atom stereocenters. The van der Waals surface area contributed by atoms with Crippen molar-refractivity contribution in [2.24, 2.45) is 0 Å². The van der Waals surface area contributed by atoms with Gasteiger partial charge in [0.2, 0.25) is 0 Å². The summed E-state index contributed by atoms with van der Waals surface area (Å²) in [6.07, 6.45) is 0. The largest absolute Gasteiger partial charge is 0.672 e. The maximum absolute atomic E-state index is 10.8. The molecule has 12 nitrogen and oxygen atoms in total. The second-order valence-corrected chi connectivity index (χ2v) is 33.5. The second kappa shape index (κ2) is 18.7. The van der Waals surface area contributed by atoms with E-state index in [4.69, 9.17) is 34.4 Å². The molecule has 0 aliphatic carbocycles. The molecule has 0 rings (SSSR count). The van der Waals surface area contributed by atoms with Crippen LogP contribution in [-0.2, 0) is 0 Å². The molecule has 0 spiro atoms. The van der Waals surface area contributed by atoms with Crippen LogP contribution < -0.4 is 0 Å². The summed E-state index contributed by atoms with van der Waals surface area (Å²) in [5.41, 5.74) is 39.9. The number of hydrogen-bond donors (Lipinski definition) is 0. The van der Waals surface area contributed by atoms with Gasteiger partial charge in [0.05, 0.1) is 0 Å². The summed E-state index contributed by atoms with van der Waals surface area (Å²) in [6.45, 7) is 15.9. The minimum Gasteiger partial charge on any atom is -0.672 e. The number of amides is 6. The van der Waals surface area contributed by atoms with Crippen molar-refractivity contribution < 1.29 is 69.6 Å². The Labute approximate surface area is 261 Å². The third-order valence-electron chi connectivity index (χ3n) is 5.13. The number of rotatable bonds is 12. The molecule has 0 aromatic carbocycles. The van der Waals surface area contributed by atoms with Crippen molar-refractivity contribution in [1.82, 2.24) is 0 Å². The molecule has 0 saturated carbocycles. The molecule has 0 aliphatic rings. The van der Waals surface area contributed by atoms with Crippen LogP contribution in [0.2, 0.25) is 75.9 Å². The predicted molar refractivity (Wildman–Crippen MR) is 160 cm³/mol. The second-order valence-electron chi connectivity index (χ2n) is 10.5. The maximum atomic E-state index is 10.8. The topological polar surface area (TPSA) is 245 Å². The number of carbonyl (C=O) groups excluding carboxylic acids is 6. The first-order chi connectivity index (χ1) is 15.8.